The molecule has 5 heteroatoms. The first-order chi connectivity index (χ1) is 10.3. The second-order valence-electron chi connectivity index (χ2n) is 7.45. The standard InChI is InChI=1S/C17H34N2O3/c1-13(2)18-11-6-12-21-15-9-7-14(8-10-15)19-16(20)22-17(3,4)5/h13-15,18H,6-12H2,1-5H3,(H,19,20). The van der Waals surface area contributed by atoms with Crippen molar-refractivity contribution in [3.8, 4) is 0 Å². The Bertz CT molecular complexity index is 318. The van der Waals surface area contributed by atoms with Crippen molar-refractivity contribution < 1.29 is 14.3 Å². The number of ether oxygens (including phenoxy) is 2. The maximum atomic E-state index is 11.7. The van der Waals surface area contributed by atoms with Crippen molar-refractivity contribution in [1.82, 2.24) is 10.6 Å². The van der Waals surface area contributed by atoms with E-state index >= 15 is 0 Å². The van der Waals surface area contributed by atoms with Crippen LogP contribution in [0.2, 0.25) is 0 Å². The fourth-order valence-electron chi connectivity index (χ4n) is 2.56. The van der Waals surface area contributed by atoms with Crippen molar-refractivity contribution in [3.63, 3.8) is 0 Å². The van der Waals surface area contributed by atoms with Crippen LogP contribution in [0, 0.1) is 0 Å². The quantitative estimate of drug-likeness (QED) is 0.708. The van der Waals surface area contributed by atoms with Crippen molar-refractivity contribution in [2.45, 2.75) is 90.5 Å². The van der Waals surface area contributed by atoms with Crippen LogP contribution in [-0.2, 0) is 9.47 Å². The molecule has 130 valence electrons. The van der Waals surface area contributed by atoms with Gasteiger partial charge in [0.2, 0.25) is 0 Å². The van der Waals surface area contributed by atoms with Gasteiger partial charge in [-0.3, -0.25) is 0 Å². The predicted octanol–water partition coefficient (Wildman–Crippen LogP) is 3.23. The second-order valence-corrected chi connectivity index (χ2v) is 7.45. The lowest BCUT2D eigenvalue weighted by Gasteiger charge is -2.30. The van der Waals surface area contributed by atoms with Crippen LogP contribution in [0.5, 0.6) is 0 Å². The third-order valence-corrected chi connectivity index (χ3v) is 3.62. The lowest BCUT2D eigenvalue weighted by atomic mass is 9.93. The Labute approximate surface area is 135 Å². The van der Waals surface area contributed by atoms with E-state index < -0.39 is 5.60 Å². The average Bonchev–Trinajstić information content (AvgIpc) is 2.37. The Hall–Kier alpha value is -0.810. The Morgan fingerprint density at radius 2 is 1.82 bits per heavy atom. The maximum Gasteiger partial charge on any atom is 0.407 e. The van der Waals surface area contributed by atoms with Crippen LogP contribution < -0.4 is 10.6 Å². The zero-order valence-corrected chi connectivity index (χ0v) is 14.9. The van der Waals surface area contributed by atoms with Gasteiger partial charge in [0, 0.05) is 18.7 Å². The summed E-state index contributed by atoms with van der Waals surface area (Å²) in [7, 11) is 0. The molecule has 0 unspecified atom stereocenters. The molecule has 1 fully saturated rings. The predicted molar refractivity (Wildman–Crippen MR) is 89.1 cm³/mol. The minimum absolute atomic E-state index is 0.220. The van der Waals surface area contributed by atoms with Crippen LogP contribution in [0.25, 0.3) is 0 Å². The highest BCUT2D eigenvalue weighted by molar-refractivity contribution is 5.68. The molecular weight excluding hydrogens is 280 g/mol. The molecule has 0 aromatic heterocycles. The molecule has 5 nitrogen and oxygen atoms in total. The topological polar surface area (TPSA) is 59.6 Å². The Morgan fingerprint density at radius 1 is 1.18 bits per heavy atom. The van der Waals surface area contributed by atoms with E-state index in [2.05, 4.69) is 24.5 Å². The summed E-state index contributed by atoms with van der Waals surface area (Å²) in [6.07, 6.45) is 5.04. The summed E-state index contributed by atoms with van der Waals surface area (Å²) in [4.78, 5) is 11.7. The van der Waals surface area contributed by atoms with Gasteiger partial charge in [0.25, 0.3) is 0 Å². The molecule has 22 heavy (non-hydrogen) atoms. The van der Waals surface area contributed by atoms with Gasteiger partial charge >= 0.3 is 6.09 Å². The van der Waals surface area contributed by atoms with Crippen molar-refractivity contribution in [2.24, 2.45) is 0 Å². The van der Waals surface area contributed by atoms with Crippen molar-refractivity contribution in [2.75, 3.05) is 13.2 Å². The highest BCUT2D eigenvalue weighted by Gasteiger charge is 2.24. The number of carbonyl (C=O) groups is 1. The zero-order chi connectivity index (χ0) is 16.6. The van der Waals surface area contributed by atoms with Crippen LogP contribution in [0.1, 0.15) is 66.7 Å². The summed E-state index contributed by atoms with van der Waals surface area (Å²) in [6, 6.07) is 0.756. The number of hydrogen-bond donors (Lipinski definition) is 2. The molecule has 1 aliphatic rings. The van der Waals surface area contributed by atoms with Gasteiger partial charge in [-0.1, -0.05) is 13.8 Å². The molecular formula is C17H34N2O3. The third-order valence-electron chi connectivity index (χ3n) is 3.62. The molecule has 0 bridgehead atoms. The van der Waals surface area contributed by atoms with Crippen LogP contribution in [0.15, 0.2) is 0 Å². The molecule has 1 amide bonds. The summed E-state index contributed by atoms with van der Waals surface area (Å²) in [5.74, 6) is 0. The molecule has 1 saturated carbocycles. The normalized spacial score (nSPS) is 22.6. The van der Waals surface area contributed by atoms with Crippen LogP contribution in [0.3, 0.4) is 0 Å². The largest absolute Gasteiger partial charge is 0.444 e. The molecule has 1 aliphatic carbocycles. The smallest absolute Gasteiger partial charge is 0.407 e. The highest BCUT2D eigenvalue weighted by atomic mass is 16.6. The molecule has 0 aromatic rings. The summed E-state index contributed by atoms with van der Waals surface area (Å²) < 4.78 is 11.2. The van der Waals surface area contributed by atoms with E-state index in [1.54, 1.807) is 0 Å². The summed E-state index contributed by atoms with van der Waals surface area (Å²) in [5, 5.41) is 6.35. The summed E-state index contributed by atoms with van der Waals surface area (Å²) in [6.45, 7) is 11.8. The lowest BCUT2D eigenvalue weighted by Crippen LogP contribution is -2.41. The van der Waals surface area contributed by atoms with E-state index in [9.17, 15) is 4.79 Å². The molecule has 0 radical (unpaired) electrons. The fraction of sp³-hybridized carbons (Fsp3) is 0.941. The number of nitrogens with one attached hydrogen (secondary N) is 2. The molecule has 2 N–H and O–H groups in total. The summed E-state index contributed by atoms with van der Waals surface area (Å²) in [5.41, 5.74) is -0.436. The van der Waals surface area contributed by atoms with Crippen molar-refractivity contribution in [3.05, 3.63) is 0 Å². The number of alkyl carbamates (subject to hydrolysis) is 1. The molecule has 0 aliphatic heterocycles. The molecule has 0 aromatic carbocycles. The van der Waals surface area contributed by atoms with Crippen LogP contribution >= 0.6 is 0 Å². The SMILES string of the molecule is CC(C)NCCCOC1CCC(NC(=O)OC(C)(C)C)CC1. The third kappa shape index (κ3) is 9.26. The minimum atomic E-state index is -0.436. The van der Waals surface area contributed by atoms with Gasteiger partial charge < -0.3 is 20.1 Å². The van der Waals surface area contributed by atoms with E-state index in [1.165, 1.54) is 0 Å². The number of carbonyl (C=O) groups excluding carboxylic acids is 1. The minimum Gasteiger partial charge on any atom is -0.444 e. The van der Waals surface area contributed by atoms with E-state index in [4.69, 9.17) is 9.47 Å². The van der Waals surface area contributed by atoms with Gasteiger partial charge in [0.15, 0.2) is 0 Å². The Kier molecular flexibility index (Phi) is 8.18. The fourth-order valence-corrected chi connectivity index (χ4v) is 2.56. The van der Waals surface area contributed by atoms with Crippen LogP contribution in [-0.4, -0.2) is 43.0 Å². The van der Waals surface area contributed by atoms with Crippen molar-refractivity contribution in [1.29, 1.82) is 0 Å². The molecule has 0 saturated heterocycles. The number of amides is 1. The van der Waals surface area contributed by atoms with Gasteiger partial charge in [0.1, 0.15) is 5.60 Å². The molecule has 0 spiro atoms. The van der Waals surface area contributed by atoms with Gasteiger partial charge in [-0.05, 0) is 59.4 Å². The molecule has 0 heterocycles. The van der Waals surface area contributed by atoms with Gasteiger partial charge in [0.05, 0.1) is 6.10 Å². The van der Waals surface area contributed by atoms with E-state index in [0.717, 1.165) is 45.3 Å². The van der Waals surface area contributed by atoms with Crippen LogP contribution in [0.4, 0.5) is 4.79 Å². The Balaban J connectivity index is 2.09. The first kappa shape index (κ1) is 19.2. The first-order valence-corrected chi connectivity index (χ1v) is 8.61. The monoisotopic (exact) mass is 314 g/mol. The van der Waals surface area contributed by atoms with E-state index in [-0.39, 0.29) is 12.1 Å². The van der Waals surface area contributed by atoms with E-state index in [1.807, 2.05) is 20.8 Å². The molecule has 0 atom stereocenters. The lowest BCUT2D eigenvalue weighted by molar-refractivity contribution is 0.0170. The number of rotatable bonds is 7. The molecule has 1 rings (SSSR count). The average molecular weight is 314 g/mol. The second kappa shape index (κ2) is 9.36. The zero-order valence-electron chi connectivity index (χ0n) is 14.9. The Morgan fingerprint density at radius 3 is 2.36 bits per heavy atom. The van der Waals surface area contributed by atoms with E-state index in [0.29, 0.717) is 12.1 Å². The maximum absolute atomic E-state index is 11.7. The number of hydrogen-bond acceptors (Lipinski definition) is 4. The summed E-state index contributed by atoms with van der Waals surface area (Å²) >= 11 is 0. The van der Waals surface area contributed by atoms with Crippen molar-refractivity contribution >= 4 is 6.09 Å². The highest BCUT2D eigenvalue weighted by Crippen LogP contribution is 2.21. The van der Waals surface area contributed by atoms with Gasteiger partial charge in [-0.15, -0.1) is 0 Å². The van der Waals surface area contributed by atoms with Gasteiger partial charge in [-0.2, -0.15) is 0 Å². The van der Waals surface area contributed by atoms with Gasteiger partial charge in [-0.25, -0.2) is 4.79 Å². The first-order valence-electron chi connectivity index (χ1n) is 8.61.